The van der Waals surface area contributed by atoms with E-state index in [1.165, 1.54) is 11.3 Å². The van der Waals surface area contributed by atoms with Crippen molar-refractivity contribution in [3.63, 3.8) is 0 Å². The van der Waals surface area contributed by atoms with Crippen LogP contribution in [0.2, 0.25) is 0 Å². The Labute approximate surface area is 86.3 Å². The van der Waals surface area contributed by atoms with E-state index in [1.54, 1.807) is 18.7 Å². The minimum absolute atomic E-state index is 0.0525. The van der Waals surface area contributed by atoms with Crippen LogP contribution in [-0.4, -0.2) is 18.2 Å². The highest BCUT2D eigenvalue weighted by atomic mass is 32.1. The molecule has 14 heavy (non-hydrogen) atoms. The summed E-state index contributed by atoms with van der Waals surface area (Å²) in [6.07, 6.45) is 0.882. The van der Waals surface area contributed by atoms with Gasteiger partial charge in [-0.2, -0.15) is 0 Å². The number of anilines is 1. The SMILES string of the molecule is CC(=O)c1cc2c(s1)CCN2C(C)=O. The maximum atomic E-state index is 11.2. The molecule has 4 heteroatoms. The number of nitrogens with zero attached hydrogens (tertiary/aromatic N) is 1. The zero-order chi connectivity index (χ0) is 10.3. The second-order valence-corrected chi connectivity index (χ2v) is 4.53. The maximum Gasteiger partial charge on any atom is 0.223 e. The Hall–Kier alpha value is -1.16. The summed E-state index contributed by atoms with van der Waals surface area (Å²) in [5.74, 6) is 0.129. The van der Waals surface area contributed by atoms with Gasteiger partial charge in [0.05, 0.1) is 10.6 Å². The highest BCUT2D eigenvalue weighted by Gasteiger charge is 2.25. The first-order valence-electron chi connectivity index (χ1n) is 4.51. The Morgan fingerprint density at radius 2 is 2.14 bits per heavy atom. The second kappa shape index (κ2) is 3.20. The lowest BCUT2D eigenvalue weighted by Crippen LogP contribution is -2.25. The van der Waals surface area contributed by atoms with Gasteiger partial charge in [0, 0.05) is 24.8 Å². The fourth-order valence-corrected chi connectivity index (χ4v) is 2.71. The highest BCUT2D eigenvalue weighted by Crippen LogP contribution is 2.35. The van der Waals surface area contributed by atoms with Gasteiger partial charge in [-0.25, -0.2) is 0 Å². The van der Waals surface area contributed by atoms with E-state index in [9.17, 15) is 9.59 Å². The van der Waals surface area contributed by atoms with Gasteiger partial charge in [-0.15, -0.1) is 11.3 Å². The molecule has 0 fully saturated rings. The predicted octanol–water partition coefficient (Wildman–Crippen LogP) is 1.86. The number of ketones is 1. The van der Waals surface area contributed by atoms with Gasteiger partial charge in [0.2, 0.25) is 5.91 Å². The molecule has 1 aliphatic heterocycles. The van der Waals surface area contributed by atoms with Crippen molar-refractivity contribution in [1.29, 1.82) is 0 Å². The van der Waals surface area contributed by atoms with Gasteiger partial charge in [-0.1, -0.05) is 0 Å². The van der Waals surface area contributed by atoms with Crippen LogP contribution in [-0.2, 0) is 11.2 Å². The summed E-state index contributed by atoms with van der Waals surface area (Å²) >= 11 is 1.51. The van der Waals surface area contributed by atoms with Crippen LogP contribution in [0, 0.1) is 0 Å². The smallest absolute Gasteiger partial charge is 0.223 e. The number of rotatable bonds is 1. The van der Waals surface area contributed by atoms with Gasteiger partial charge in [-0.3, -0.25) is 9.59 Å². The molecule has 0 atom stereocenters. The van der Waals surface area contributed by atoms with E-state index in [2.05, 4.69) is 0 Å². The minimum Gasteiger partial charge on any atom is -0.311 e. The zero-order valence-corrected chi connectivity index (χ0v) is 8.98. The van der Waals surface area contributed by atoms with E-state index in [4.69, 9.17) is 0 Å². The first-order chi connectivity index (χ1) is 6.59. The van der Waals surface area contributed by atoms with Crippen molar-refractivity contribution in [3.8, 4) is 0 Å². The van der Waals surface area contributed by atoms with Crippen LogP contribution in [0.4, 0.5) is 5.69 Å². The van der Waals surface area contributed by atoms with Crippen LogP contribution in [0.3, 0.4) is 0 Å². The number of hydrogen-bond acceptors (Lipinski definition) is 3. The van der Waals surface area contributed by atoms with E-state index in [-0.39, 0.29) is 11.7 Å². The third-order valence-electron chi connectivity index (χ3n) is 2.37. The Balaban J connectivity index is 2.40. The molecule has 2 heterocycles. The summed E-state index contributed by atoms with van der Waals surface area (Å²) in [6.45, 7) is 3.87. The van der Waals surface area contributed by atoms with Gasteiger partial charge in [-0.05, 0) is 13.0 Å². The average Bonchev–Trinajstić information content (AvgIpc) is 2.58. The summed E-state index contributed by atoms with van der Waals surface area (Å²) in [7, 11) is 0. The molecule has 1 amide bonds. The Morgan fingerprint density at radius 1 is 1.43 bits per heavy atom. The summed E-state index contributed by atoms with van der Waals surface area (Å²) in [5.41, 5.74) is 0.938. The number of carbonyl (C=O) groups is 2. The van der Waals surface area contributed by atoms with E-state index in [1.807, 2.05) is 6.07 Å². The number of amides is 1. The fraction of sp³-hybridized carbons (Fsp3) is 0.400. The van der Waals surface area contributed by atoms with Crippen LogP contribution >= 0.6 is 11.3 Å². The molecule has 0 aromatic carbocycles. The Morgan fingerprint density at radius 3 is 2.71 bits per heavy atom. The van der Waals surface area contributed by atoms with E-state index in [0.717, 1.165) is 28.4 Å². The van der Waals surface area contributed by atoms with E-state index >= 15 is 0 Å². The molecule has 2 rings (SSSR count). The van der Waals surface area contributed by atoms with Crippen molar-refractivity contribution >= 4 is 28.7 Å². The largest absolute Gasteiger partial charge is 0.311 e. The monoisotopic (exact) mass is 209 g/mol. The summed E-state index contributed by atoms with van der Waals surface area (Å²) in [6, 6.07) is 1.83. The van der Waals surface area contributed by atoms with Crippen LogP contribution in [0.5, 0.6) is 0 Å². The standard InChI is InChI=1S/C10H11NO2S/c1-6(12)10-5-8-9(14-10)3-4-11(8)7(2)13/h5H,3-4H2,1-2H3. The molecule has 0 N–H and O–H groups in total. The van der Waals surface area contributed by atoms with E-state index in [0.29, 0.717) is 0 Å². The molecule has 0 aliphatic carbocycles. The van der Waals surface area contributed by atoms with Crippen molar-refractivity contribution in [1.82, 2.24) is 0 Å². The van der Waals surface area contributed by atoms with Crippen LogP contribution < -0.4 is 4.90 Å². The fourth-order valence-electron chi connectivity index (χ4n) is 1.66. The molecular weight excluding hydrogens is 198 g/mol. The topological polar surface area (TPSA) is 37.4 Å². The molecule has 0 saturated heterocycles. The Bertz CT molecular complexity index is 408. The van der Waals surface area contributed by atoms with E-state index < -0.39 is 0 Å². The first kappa shape index (κ1) is 9.40. The van der Waals surface area contributed by atoms with Crippen LogP contribution in [0.15, 0.2) is 6.07 Å². The summed E-state index contributed by atoms with van der Waals surface area (Å²) in [5, 5.41) is 0. The third kappa shape index (κ3) is 1.35. The number of Topliss-reactive ketones (excluding diaryl/α,β-unsaturated/α-hetero) is 1. The lowest BCUT2D eigenvalue weighted by Gasteiger charge is -2.12. The molecule has 74 valence electrons. The van der Waals surface area contributed by atoms with Gasteiger partial charge < -0.3 is 4.90 Å². The molecule has 0 bridgehead atoms. The lowest BCUT2D eigenvalue weighted by molar-refractivity contribution is -0.116. The van der Waals surface area contributed by atoms with Crippen molar-refractivity contribution in [2.24, 2.45) is 0 Å². The number of hydrogen-bond donors (Lipinski definition) is 0. The summed E-state index contributed by atoms with van der Waals surface area (Å²) < 4.78 is 0. The molecule has 0 spiro atoms. The third-order valence-corrected chi connectivity index (χ3v) is 3.65. The van der Waals surface area contributed by atoms with Gasteiger partial charge in [0.1, 0.15) is 0 Å². The van der Waals surface area contributed by atoms with Crippen molar-refractivity contribution in [2.45, 2.75) is 20.3 Å². The molecule has 3 nitrogen and oxygen atoms in total. The van der Waals surface area contributed by atoms with Crippen molar-refractivity contribution < 1.29 is 9.59 Å². The van der Waals surface area contributed by atoms with Gasteiger partial charge >= 0.3 is 0 Å². The molecule has 1 aliphatic rings. The molecule has 0 unspecified atom stereocenters. The number of thiophene rings is 1. The normalized spacial score (nSPS) is 14.3. The lowest BCUT2D eigenvalue weighted by atomic mass is 10.3. The minimum atomic E-state index is 0.0525. The Kier molecular flexibility index (Phi) is 2.15. The summed E-state index contributed by atoms with van der Waals surface area (Å²) in [4.78, 5) is 26.0. The van der Waals surface area contributed by atoms with Crippen LogP contribution in [0.1, 0.15) is 28.4 Å². The zero-order valence-electron chi connectivity index (χ0n) is 8.16. The second-order valence-electron chi connectivity index (χ2n) is 3.40. The van der Waals surface area contributed by atoms with Crippen LogP contribution in [0.25, 0.3) is 0 Å². The van der Waals surface area contributed by atoms with Gasteiger partial charge in [0.25, 0.3) is 0 Å². The molecule has 1 aromatic heterocycles. The average molecular weight is 209 g/mol. The van der Waals surface area contributed by atoms with Crippen molar-refractivity contribution in [2.75, 3.05) is 11.4 Å². The van der Waals surface area contributed by atoms with Crippen molar-refractivity contribution in [3.05, 3.63) is 15.8 Å². The van der Waals surface area contributed by atoms with Gasteiger partial charge in [0.15, 0.2) is 5.78 Å². The molecular formula is C10H11NO2S. The maximum absolute atomic E-state index is 11.2. The molecule has 1 aromatic rings. The molecule has 0 saturated carbocycles. The highest BCUT2D eigenvalue weighted by molar-refractivity contribution is 7.14. The number of carbonyl (C=O) groups excluding carboxylic acids is 2. The predicted molar refractivity (Wildman–Crippen MR) is 56.1 cm³/mol. The number of fused-ring (bicyclic) bond motifs is 1. The molecule has 0 radical (unpaired) electrons. The quantitative estimate of drug-likeness (QED) is 0.662. The first-order valence-corrected chi connectivity index (χ1v) is 5.33.